The molecule has 1 aromatic heterocycles. The van der Waals surface area contributed by atoms with Crippen LogP contribution in [0.5, 0.6) is 0 Å². The van der Waals surface area contributed by atoms with Gasteiger partial charge in [0, 0.05) is 10.8 Å². The first-order chi connectivity index (χ1) is 17.3. The Labute approximate surface area is 201 Å². The fourth-order valence-corrected chi connectivity index (χ4v) is 5.83. The second-order valence-electron chi connectivity index (χ2n) is 9.33. The zero-order valence-electron chi connectivity index (χ0n) is 19.0. The van der Waals surface area contributed by atoms with Crippen LogP contribution in [0.25, 0.3) is 76.2 Å². The first-order valence-electron chi connectivity index (χ1n) is 12.0. The van der Waals surface area contributed by atoms with Crippen molar-refractivity contribution in [3.8, 4) is 11.1 Å². The quantitative estimate of drug-likeness (QED) is 0.181. The van der Waals surface area contributed by atoms with Crippen LogP contribution >= 0.6 is 0 Å². The molecule has 0 aliphatic heterocycles. The van der Waals surface area contributed by atoms with Crippen molar-refractivity contribution in [2.24, 2.45) is 0 Å². The average Bonchev–Trinajstić information content (AvgIpc) is 3.28. The summed E-state index contributed by atoms with van der Waals surface area (Å²) in [5.74, 6) is 0. The van der Waals surface area contributed by atoms with Gasteiger partial charge in [-0.15, -0.1) is 0 Å². The SMILES string of the molecule is c1ccc2cc3c(cc2c1)oc1cccc(-c2c4ccccc4cc4c2ccc2ccccc24)c13. The number of rotatable bonds is 1. The third-order valence-corrected chi connectivity index (χ3v) is 7.40. The predicted octanol–water partition coefficient (Wildman–Crippen LogP) is 9.87. The van der Waals surface area contributed by atoms with Gasteiger partial charge in [0.05, 0.1) is 0 Å². The van der Waals surface area contributed by atoms with Gasteiger partial charge in [-0.3, -0.25) is 0 Å². The monoisotopic (exact) mass is 444 g/mol. The first-order valence-corrected chi connectivity index (χ1v) is 12.0. The maximum absolute atomic E-state index is 6.42. The lowest BCUT2D eigenvalue weighted by molar-refractivity contribution is 0.669. The van der Waals surface area contributed by atoms with Crippen molar-refractivity contribution < 1.29 is 4.42 Å². The van der Waals surface area contributed by atoms with E-state index in [1.807, 2.05) is 0 Å². The molecule has 0 N–H and O–H groups in total. The van der Waals surface area contributed by atoms with Crippen LogP contribution in [0.15, 0.2) is 126 Å². The fraction of sp³-hybridized carbons (Fsp3) is 0. The summed E-state index contributed by atoms with van der Waals surface area (Å²) < 4.78 is 6.42. The van der Waals surface area contributed by atoms with Gasteiger partial charge in [-0.25, -0.2) is 0 Å². The second kappa shape index (κ2) is 6.94. The minimum atomic E-state index is 0.926. The molecule has 0 spiro atoms. The van der Waals surface area contributed by atoms with Crippen LogP contribution in [0, 0.1) is 0 Å². The maximum Gasteiger partial charge on any atom is 0.136 e. The summed E-state index contributed by atoms with van der Waals surface area (Å²) in [6, 6.07) is 43.7. The van der Waals surface area contributed by atoms with Crippen molar-refractivity contribution in [2.75, 3.05) is 0 Å². The normalized spacial score (nSPS) is 12.0. The van der Waals surface area contributed by atoms with E-state index in [0.717, 1.165) is 16.6 Å². The van der Waals surface area contributed by atoms with E-state index in [0.29, 0.717) is 0 Å². The largest absolute Gasteiger partial charge is 0.456 e. The van der Waals surface area contributed by atoms with E-state index >= 15 is 0 Å². The van der Waals surface area contributed by atoms with E-state index < -0.39 is 0 Å². The Bertz CT molecular complexity index is 2110. The molecule has 1 heteroatoms. The lowest BCUT2D eigenvalue weighted by atomic mass is 9.88. The van der Waals surface area contributed by atoms with E-state index in [4.69, 9.17) is 4.42 Å². The zero-order valence-corrected chi connectivity index (χ0v) is 19.0. The Balaban J connectivity index is 1.59. The van der Waals surface area contributed by atoms with Crippen molar-refractivity contribution in [3.63, 3.8) is 0 Å². The number of benzene rings is 7. The molecular formula is C34H20O. The summed E-state index contributed by atoms with van der Waals surface area (Å²) >= 11 is 0. The minimum Gasteiger partial charge on any atom is -0.456 e. The Hall–Kier alpha value is -4.62. The van der Waals surface area contributed by atoms with E-state index in [1.54, 1.807) is 0 Å². The van der Waals surface area contributed by atoms with Gasteiger partial charge >= 0.3 is 0 Å². The van der Waals surface area contributed by atoms with Gasteiger partial charge in [0.1, 0.15) is 11.2 Å². The Kier molecular flexibility index (Phi) is 3.72. The van der Waals surface area contributed by atoms with E-state index in [-0.39, 0.29) is 0 Å². The molecule has 0 aliphatic carbocycles. The topological polar surface area (TPSA) is 13.1 Å². The highest BCUT2D eigenvalue weighted by Gasteiger charge is 2.18. The molecular weight excluding hydrogens is 424 g/mol. The van der Waals surface area contributed by atoms with Crippen LogP contribution in [0.1, 0.15) is 0 Å². The number of hydrogen-bond donors (Lipinski definition) is 0. The van der Waals surface area contributed by atoms with Gasteiger partial charge in [-0.1, -0.05) is 97.1 Å². The number of hydrogen-bond acceptors (Lipinski definition) is 1. The highest BCUT2D eigenvalue weighted by molar-refractivity contribution is 6.25. The van der Waals surface area contributed by atoms with Crippen molar-refractivity contribution in [1.82, 2.24) is 0 Å². The van der Waals surface area contributed by atoms with E-state index in [1.165, 1.54) is 59.6 Å². The lowest BCUT2D eigenvalue weighted by Crippen LogP contribution is -1.88. The first kappa shape index (κ1) is 18.8. The van der Waals surface area contributed by atoms with Crippen LogP contribution in [0.4, 0.5) is 0 Å². The average molecular weight is 445 g/mol. The molecule has 0 bridgehead atoms. The third-order valence-electron chi connectivity index (χ3n) is 7.40. The van der Waals surface area contributed by atoms with E-state index in [2.05, 4.69) is 121 Å². The Morgan fingerprint density at radius 1 is 0.371 bits per heavy atom. The molecule has 0 saturated carbocycles. The van der Waals surface area contributed by atoms with Crippen LogP contribution in [-0.4, -0.2) is 0 Å². The van der Waals surface area contributed by atoms with Crippen molar-refractivity contribution >= 4 is 65.0 Å². The van der Waals surface area contributed by atoms with Gasteiger partial charge < -0.3 is 4.42 Å². The van der Waals surface area contributed by atoms with Crippen molar-refractivity contribution in [2.45, 2.75) is 0 Å². The van der Waals surface area contributed by atoms with Gasteiger partial charge in [-0.05, 0) is 78.5 Å². The molecule has 8 rings (SSSR count). The minimum absolute atomic E-state index is 0.926. The molecule has 0 unspecified atom stereocenters. The van der Waals surface area contributed by atoms with Crippen molar-refractivity contribution in [3.05, 3.63) is 121 Å². The summed E-state index contributed by atoms with van der Waals surface area (Å²) in [5.41, 5.74) is 4.34. The Morgan fingerprint density at radius 3 is 1.91 bits per heavy atom. The summed E-state index contributed by atoms with van der Waals surface area (Å²) in [7, 11) is 0. The number of fused-ring (bicyclic) bond motifs is 8. The molecule has 0 atom stereocenters. The predicted molar refractivity (Wildman–Crippen MR) is 149 cm³/mol. The van der Waals surface area contributed by atoms with Crippen LogP contribution in [-0.2, 0) is 0 Å². The third kappa shape index (κ3) is 2.64. The summed E-state index contributed by atoms with van der Waals surface area (Å²) in [6.45, 7) is 0. The van der Waals surface area contributed by atoms with Crippen LogP contribution < -0.4 is 0 Å². The maximum atomic E-state index is 6.42. The molecule has 8 aromatic rings. The fourth-order valence-electron chi connectivity index (χ4n) is 5.83. The second-order valence-corrected chi connectivity index (χ2v) is 9.33. The van der Waals surface area contributed by atoms with Crippen LogP contribution in [0.2, 0.25) is 0 Å². The molecule has 0 aliphatic rings. The highest BCUT2D eigenvalue weighted by Crippen LogP contribution is 2.44. The molecule has 35 heavy (non-hydrogen) atoms. The number of furan rings is 1. The summed E-state index contributed by atoms with van der Waals surface area (Å²) in [5, 5.41) is 12.4. The molecule has 162 valence electrons. The van der Waals surface area contributed by atoms with Gasteiger partial charge in [0.25, 0.3) is 0 Å². The van der Waals surface area contributed by atoms with Gasteiger partial charge in [-0.2, -0.15) is 0 Å². The highest BCUT2D eigenvalue weighted by atomic mass is 16.3. The summed E-state index contributed by atoms with van der Waals surface area (Å²) in [6.07, 6.45) is 0. The molecule has 0 saturated heterocycles. The molecule has 0 fully saturated rings. The van der Waals surface area contributed by atoms with Gasteiger partial charge in [0.15, 0.2) is 0 Å². The Morgan fingerprint density at radius 2 is 1.06 bits per heavy atom. The molecule has 0 amide bonds. The molecule has 7 aromatic carbocycles. The van der Waals surface area contributed by atoms with Crippen LogP contribution in [0.3, 0.4) is 0 Å². The zero-order chi connectivity index (χ0) is 22.9. The van der Waals surface area contributed by atoms with Crippen molar-refractivity contribution in [1.29, 1.82) is 0 Å². The summed E-state index contributed by atoms with van der Waals surface area (Å²) in [4.78, 5) is 0. The molecule has 1 heterocycles. The standard InChI is InChI=1S/C34H20O/c1-2-10-23-20-32-30(18-22(23)9-1)34-28(14-7-15-31(34)35-32)33-26-13-6-4-11-24(26)19-29-25-12-5-3-8-21(25)16-17-27(29)33/h1-20H. The van der Waals surface area contributed by atoms with Gasteiger partial charge in [0.2, 0.25) is 0 Å². The molecule has 0 radical (unpaired) electrons. The van der Waals surface area contributed by atoms with E-state index in [9.17, 15) is 0 Å². The smallest absolute Gasteiger partial charge is 0.136 e. The molecule has 1 nitrogen and oxygen atoms in total. The lowest BCUT2D eigenvalue weighted by Gasteiger charge is -2.15.